The summed E-state index contributed by atoms with van der Waals surface area (Å²) in [6, 6.07) is 7.86. The Balaban J connectivity index is 2.28. The predicted molar refractivity (Wildman–Crippen MR) is 73.7 cm³/mol. The third-order valence-electron chi connectivity index (χ3n) is 4.12. The predicted octanol–water partition coefficient (Wildman–Crippen LogP) is 1.62. The molecular formula is C15H23NO3. The highest BCUT2D eigenvalue weighted by Gasteiger charge is 2.39. The Morgan fingerprint density at radius 3 is 2.68 bits per heavy atom. The molecule has 2 rings (SSSR count). The Kier molecular flexibility index (Phi) is 4.93. The van der Waals surface area contributed by atoms with Crippen molar-refractivity contribution in [2.24, 2.45) is 11.1 Å². The summed E-state index contributed by atoms with van der Waals surface area (Å²) < 4.78 is 10.6. The number of hydrogen-bond donors (Lipinski definition) is 2. The van der Waals surface area contributed by atoms with E-state index in [-0.39, 0.29) is 5.41 Å². The molecule has 4 nitrogen and oxygen atoms in total. The third kappa shape index (κ3) is 2.98. The normalized spacial score (nSPS) is 20.2. The fourth-order valence-electron chi connectivity index (χ4n) is 2.78. The second kappa shape index (κ2) is 6.48. The Morgan fingerprint density at radius 2 is 2.05 bits per heavy atom. The lowest BCUT2D eigenvalue weighted by molar-refractivity contribution is -0.0588. The number of ether oxygens (including phenoxy) is 2. The molecule has 1 aromatic carbocycles. The molecule has 0 amide bonds. The van der Waals surface area contributed by atoms with Crippen molar-refractivity contribution in [1.29, 1.82) is 0 Å². The average Bonchev–Trinajstić information content (AvgIpc) is 2.48. The first-order valence-corrected chi connectivity index (χ1v) is 6.76. The van der Waals surface area contributed by atoms with Gasteiger partial charge in [0.05, 0.1) is 12.7 Å². The molecule has 1 aliphatic heterocycles. The van der Waals surface area contributed by atoms with E-state index in [1.807, 2.05) is 24.3 Å². The number of aliphatic hydroxyl groups excluding tert-OH is 1. The fraction of sp³-hybridized carbons (Fsp3) is 0.600. The topological polar surface area (TPSA) is 64.7 Å². The fourth-order valence-corrected chi connectivity index (χ4v) is 2.78. The molecule has 1 fully saturated rings. The average molecular weight is 265 g/mol. The van der Waals surface area contributed by atoms with Crippen molar-refractivity contribution in [3.05, 3.63) is 35.4 Å². The SMILES string of the molecule is COCc1ccccc1C(O)C1(CN)CCOCC1. The lowest BCUT2D eigenvalue weighted by atomic mass is 9.72. The molecular weight excluding hydrogens is 242 g/mol. The van der Waals surface area contributed by atoms with Crippen LogP contribution < -0.4 is 5.73 Å². The maximum atomic E-state index is 10.8. The first kappa shape index (κ1) is 14.5. The van der Waals surface area contributed by atoms with Gasteiger partial charge in [0.25, 0.3) is 0 Å². The maximum Gasteiger partial charge on any atom is 0.0863 e. The van der Waals surface area contributed by atoms with Crippen molar-refractivity contribution in [3.8, 4) is 0 Å². The first-order chi connectivity index (χ1) is 9.23. The molecule has 1 aliphatic rings. The largest absolute Gasteiger partial charge is 0.388 e. The zero-order chi connectivity index (χ0) is 13.7. The lowest BCUT2D eigenvalue weighted by Crippen LogP contribution is -2.42. The molecule has 1 unspecified atom stereocenters. The Hall–Kier alpha value is -0.940. The van der Waals surface area contributed by atoms with Gasteiger partial charge in [-0.05, 0) is 24.0 Å². The van der Waals surface area contributed by atoms with Crippen LogP contribution >= 0.6 is 0 Å². The van der Waals surface area contributed by atoms with Gasteiger partial charge in [0.1, 0.15) is 0 Å². The number of aliphatic hydroxyl groups is 1. The van der Waals surface area contributed by atoms with Gasteiger partial charge >= 0.3 is 0 Å². The first-order valence-electron chi connectivity index (χ1n) is 6.76. The molecule has 106 valence electrons. The summed E-state index contributed by atoms with van der Waals surface area (Å²) in [5.41, 5.74) is 7.63. The molecule has 0 aromatic heterocycles. The van der Waals surface area contributed by atoms with Gasteiger partial charge in [0.2, 0.25) is 0 Å². The van der Waals surface area contributed by atoms with Crippen LogP contribution in [-0.4, -0.2) is 32.0 Å². The van der Waals surface area contributed by atoms with Gasteiger partial charge in [-0.25, -0.2) is 0 Å². The maximum absolute atomic E-state index is 10.8. The van der Waals surface area contributed by atoms with Crippen molar-refractivity contribution < 1.29 is 14.6 Å². The minimum Gasteiger partial charge on any atom is -0.388 e. The van der Waals surface area contributed by atoms with E-state index in [0.29, 0.717) is 26.4 Å². The van der Waals surface area contributed by atoms with Crippen LogP contribution in [0.3, 0.4) is 0 Å². The molecule has 19 heavy (non-hydrogen) atoms. The summed E-state index contributed by atoms with van der Waals surface area (Å²) in [6.45, 7) is 2.31. The van der Waals surface area contributed by atoms with Crippen LogP contribution in [-0.2, 0) is 16.1 Å². The monoisotopic (exact) mass is 265 g/mol. The van der Waals surface area contributed by atoms with Crippen molar-refractivity contribution in [3.63, 3.8) is 0 Å². The van der Waals surface area contributed by atoms with Crippen LogP contribution in [0, 0.1) is 5.41 Å². The lowest BCUT2D eigenvalue weighted by Gasteiger charge is -2.40. The van der Waals surface area contributed by atoms with Gasteiger partial charge < -0.3 is 20.3 Å². The molecule has 0 saturated carbocycles. The zero-order valence-electron chi connectivity index (χ0n) is 11.5. The minimum atomic E-state index is -0.562. The van der Waals surface area contributed by atoms with Crippen molar-refractivity contribution in [2.45, 2.75) is 25.6 Å². The Morgan fingerprint density at radius 1 is 1.37 bits per heavy atom. The highest BCUT2D eigenvalue weighted by molar-refractivity contribution is 5.30. The van der Waals surface area contributed by atoms with Crippen LogP contribution in [0.4, 0.5) is 0 Å². The molecule has 1 aromatic rings. The van der Waals surface area contributed by atoms with E-state index < -0.39 is 6.10 Å². The summed E-state index contributed by atoms with van der Waals surface area (Å²) in [5.74, 6) is 0. The van der Waals surface area contributed by atoms with E-state index in [9.17, 15) is 5.11 Å². The van der Waals surface area contributed by atoms with Gasteiger partial charge in [0.15, 0.2) is 0 Å². The van der Waals surface area contributed by atoms with E-state index in [2.05, 4.69) is 0 Å². The van der Waals surface area contributed by atoms with Crippen LogP contribution in [0.25, 0.3) is 0 Å². The van der Waals surface area contributed by atoms with Crippen molar-refractivity contribution in [1.82, 2.24) is 0 Å². The second-order valence-corrected chi connectivity index (χ2v) is 5.21. The standard InChI is InChI=1S/C15H23NO3/c1-18-10-12-4-2-3-5-13(12)14(17)15(11-16)6-8-19-9-7-15/h2-5,14,17H,6-11,16H2,1H3. The van der Waals surface area contributed by atoms with Crippen molar-refractivity contribution in [2.75, 3.05) is 26.9 Å². The second-order valence-electron chi connectivity index (χ2n) is 5.21. The number of hydrogen-bond acceptors (Lipinski definition) is 4. The van der Waals surface area contributed by atoms with E-state index in [1.54, 1.807) is 7.11 Å². The van der Waals surface area contributed by atoms with Crippen LogP contribution in [0.15, 0.2) is 24.3 Å². The number of benzene rings is 1. The summed E-state index contributed by atoms with van der Waals surface area (Å²) in [5, 5.41) is 10.8. The molecule has 1 atom stereocenters. The molecule has 0 radical (unpaired) electrons. The van der Waals surface area contributed by atoms with Crippen molar-refractivity contribution >= 4 is 0 Å². The van der Waals surface area contributed by atoms with Gasteiger partial charge in [-0.3, -0.25) is 0 Å². The van der Waals surface area contributed by atoms with Crippen LogP contribution in [0.5, 0.6) is 0 Å². The number of methoxy groups -OCH3 is 1. The van der Waals surface area contributed by atoms with Gasteiger partial charge in [0, 0.05) is 32.3 Å². The molecule has 0 bridgehead atoms. The summed E-state index contributed by atoms with van der Waals surface area (Å²) in [4.78, 5) is 0. The van der Waals surface area contributed by atoms with E-state index in [1.165, 1.54) is 0 Å². The molecule has 0 aliphatic carbocycles. The zero-order valence-corrected chi connectivity index (χ0v) is 11.5. The molecule has 4 heteroatoms. The van der Waals surface area contributed by atoms with Gasteiger partial charge in [-0.1, -0.05) is 24.3 Å². The van der Waals surface area contributed by atoms with Crippen LogP contribution in [0.2, 0.25) is 0 Å². The van der Waals surface area contributed by atoms with E-state index >= 15 is 0 Å². The van der Waals surface area contributed by atoms with E-state index in [4.69, 9.17) is 15.2 Å². The molecule has 0 spiro atoms. The number of nitrogens with two attached hydrogens (primary N) is 1. The summed E-state index contributed by atoms with van der Waals surface area (Å²) in [6.07, 6.45) is 1.03. The summed E-state index contributed by atoms with van der Waals surface area (Å²) in [7, 11) is 1.66. The minimum absolute atomic E-state index is 0.276. The van der Waals surface area contributed by atoms with Gasteiger partial charge in [-0.15, -0.1) is 0 Å². The highest BCUT2D eigenvalue weighted by Crippen LogP contribution is 2.42. The highest BCUT2D eigenvalue weighted by atomic mass is 16.5. The number of rotatable bonds is 5. The third-order valence-corrected chi connectivity index (χ3v) is 4.12. The summed E-state index contributed by atoms with van der Waals surface area (Å²) >= 11 is 0. The molecule has 1 heterocycles. The molecule has 1 saturated heterocycles. The Bertz CT molecular complexity index is 402. The van der Waals surface area contributed by atoms with E-state index in [0.717, 1.165) is 24.0 Å². The molecule has 3 N–H and O–H groups in total. The smallest absolute Gasteiger partial charge is 0.0863 e. The van der Waals surface area contributed by atoms with Crippen LogP contribution in [0.1, 0.15) is 30.1 Å². The quantitative estimate of drug-likeness (QED) is 0.849. The van der Waals surface area contributed by atoms with Gasteiger partial charge in [-0.2, -0.15) is 0 Å². The Labute approximate surface area is 114 Å².